The number of thioether (sulfide) groups is 1. The first-order valence-corrected chi connectivity index (χ1v) is 10.5. The molecule has 1 aromatic heterocycles. The number of carbonyl (C=O) groups is 2. The summed E-state index contributed by atoms with van der Waals surface area (Å²) >= 11 is 2.48. The molecule has 0 spiro atoms. The molecule has 0 aliphatic rings. The molecule has 0 unspecified atom stereocenters. The Morgan fingerprint density at radius 1 is 1.39 bits per heavy atom. The number of nitro benzene ring substituents is 1. The van der Waals surface area contributed by atoms with E-state index in [-0.39, 0.29) is 28.7 Å². The number of ether oxygens (including phenoxy) is 1. The molecule has 0 saturated heterocycles. The predicted molar refractivity (Wildman–Crippen MR) is 109 cm³/mol. The Morgan fingerprint density at radius 3 is 2.79 bits per heavy atom. The highest BCUT2D eigenvalue weighted by Crippen LogP contribution is 2.31. The van der Waals surface area contributed by atoms with Crippen molar-refractivity contribution in [3.8, 4) is 0 Å². The smallest absolute Gasteiger partial charge is 0.357 e. The van der Waals surface area contributed by atoms with E-state index in [4.69, 9.17) is 4.74 Å². The Balaban J connectivity index is 2.11. The maximum absolute atomic E-state index is 12.4. The lowest BCUT2D eigenvalue weighted by Crippen LogP contribution is -2.13. The number of carbonyl (C=O) groups excluding carboxylic acids is 2. The van der Waals surface area contributed by atoms with Crippen molar-refractivity contribution >= 4 is 45.8 Å². The van der Waals surface area contributed by atoms with Crippen LogP contribution < -0.4 is 5.32 Å². The molecule has 0 saturated carbocycles. The summed E-state index contributed by atoms with van der Waals surface area (Å²) in [6.45, 7) is 6.09. The highest BCUT2D eigenvalue weighted by Gasteiger charge is 2.19. The van der Waals surface area contributed by atoms with Gasteiger partial charge in [-0.3, -0.25) is 20.2 Å². The van der Waals surface area contributed by atoms with Gasteiger partial charge in [0.1, 0.15) is 0 Å². The van der Waals surface area contributed by atoms with E-state index >= 15 is 0 Å². The Kier molecular flexibility index (Phi) is 7.94. The number of esters is 1. The van der Waals surface area contributed by atoms with Crippen molar-refractivity contribution in [2.75, 3.05) is 17.7 Å². The van der Waals surface area contributed by atoms with Gasteiger partial charge in [0.25, 0.3) is 11.6 Å². The summed E-state index contributed by atoms with van der Waals surface area (Å²) in [7, 11) is 0. The molecule has 10 heteroatoms. The Bertz CT molecular complexity index is 867. The first-order valence-electron chi connectivity index (χ1n) is 8.67. The number of amides is 1. The van der Waals surface area contributed by atoms with Crippen LogP contribution in [0.25, 0.3) is 0 Å². The van der Waals surface area contributed by atoms with Crippen LogP contribution in [0.5, 0.6) is 0 Å². The lowest BCUT2D eigenvalue weighted by Gasteiger charge is -2.07. The summed E-state index contributed by atoms with van der Waals surface area (Å²) in [4.78, 5) is 39.5. The van der Waals surface area contributed by atoms with Crippen molar-refractivity contribution in [1.29, 1.82) is 0 Å². The van der Waals surface area contributed by atoms with Crippen LogP contribution in [0.15, 0.2) is 28.5 Å². The van der Waals surface area contributed by atoms with Crippen molar-refractivity contribution in [3.05, 3.63) is 45.0 Å². The van der Waals surface area contributed by atoms with Gasteiger partial charge in [-0.1, -0.05) is 13.8 Å². The second kappa shape index (κ2) is 10.2. The normalized spacial score (nSPS) is 10.7. The number of aromatic nitrogens is 1. The van der Waals surface area contributed by atoms with Gasteiger partial charge in [0.05, 0.1) is 16.4 Å². The van der Waals surface area contributed by atoms with Crippen LogP contribution in [0.2, 0.25) is 0 Å². The molecular weight excluding hydrogens is 402 g/mol. The van der Waals surface area contributed by atoms with Crippen molar-refractivity contribution in [3.63, 3.8) is 0 Å². The minimum atomic E-state index is -0.572. The highest BCUT2D eigenvalue weighted by atomic mass is 32.2. The van der Waals surface area contributed by atoms with Gasteiger partial charge < -0.3 is 4.74 Å². The van der Waals surface area contributed by atoms with E-state index < -0.39 is 16.8 Å². The third-order valence-electron chi connectivity index (χ3n) is 3.58. The van der Waals surface area contributed by atoms with E-state index in [9.17, 15) is 19.7 Å². The predicted octanol–water partition coefficient (Wildman–Crippen LogP) is 4.62. The van der Waals surface area contributed by atoms with Gasteiger partial charge >= 0.3 is 5.97 Å². The molecule has 8 nitrogen and oxygen atoms in total. The first-order chi connectivity index (χ1) is 13.3. The summed E-state index contributed by atoms with van der Waals surface area (Å²) in [5, 5.41) is 15.6. The number of hydrogen-bond acceptors (Lipinski definition) is 8. The third-order valence-corrected chi connectivity index (χ3v) is 5.43. The van der Waals surface area contributed by atoms with Crippen molar-refractivity contribution in [2.45, 2.75) is 32.1 Å². The SMILES string of the molecule is CCOC(=O)c1csc(NC(=O)c2ccc(SCCC(C)C)c([N+](=O)[O-])c2)n1. The molecule has 1 aromatic carbocycles. The third kappa shape index (κ3) is 6.03. The largest absolute Gasteiger partial charge is 0.461 e. The molecule has 0 aliphatic carbocycles. The van der Waals surface area contributed by atoms with Gasteiger partial charge in [0.2, 0.25) is 0 Å². The quantitative estimate of drug-likeness (QED) is 0.271. The zero-order valence-electron chi connectivity index (χ0n) is 15.8. The highest BCUT2D eigenvalue weighted by molar-refractivity contribution is 7.99. The summed E-state index contributed by atoms with van der Waals surface area (Å²) in [5.41, 5.74) is 0.144. The zero-order chi connectivity index (χ0) is 20.7. The molecule has 2 rings (SSSR count). The molecule has 0 radical (unpaired) electrons. The molecule has 1 heterocycles. The fourth-order valence-corrected chi connectivity index (χ4v) is 4.06. The molecular formula is C18H21N3O5S2. The Morgan fingerprint density at radius 2 is 2.14 bits per heavy atom. The van der Waals surface area contributed by atoms with E-state index in [0.29, 0.717) is 10.8 Å². The van der Waals surface area contributed by atoms with Gasteiger partial charge in [-0.15, -0.1) is 23.1 Å². The van der Waals surface area contributed by atoms with E-state index in [2.05, 4.69) is 24.1 Å². The summed E-state index contributed by atoms with van der Waals surface area (Å²) in [6, 6.07) is 4.39. The number of thiazole rings is 1. The molecule has 0 aliphatic heterocycles. The van der Waals surface area contributed by atoms with Gasteiger partial charge in [0, 0.05) is 17.0 Å². The van der Waals surface area contributed by atoms with E-state index in [1.165, 1.54) is 23.2 Å². The number of nitrogens with one attached hydrogen (secondary N) is 1. The second-order valence-corrected chi connectivity index (χ2v) is 8.18. The Labute approximate surface area is 170 Å². The monoisotopic (exact) mass is 423 g/mol. The number of nitrogens with zero attached hydrogens (tertiary/aromatic N) is 2. The molecule has 0 bridgehead atoms. The minimum Gasteiger partial charge on any atom is -0.461 e. The van der Waals surface area contributed by atoms with Crippen LogP contribution in [0.4, 0.5) is 10.8 Å². The number of anilines is 1. The fraction of sp³-hybridized carbons (Fsp3) is 0.389. The maximum Gasteiger partial charge on any atom is 0.357 e. The topological polar surface area (TPSA) is 111 Å². The Hall–Kier alpha value is -2.46. The van der Waals surface area contributed by atoms with Crippen LogP contribution in [-0.2, 0) is 4.74 Å². The molecule has 0 atom stereocenters. The van der Waals surface area contributed by atoms with Crippen LogP contribution in [0.1, 0.15) is 48.0 Å². The van der Waals surface area contributed by atoms with Crippen LogP contribution >= 0.6 is 23.1 Å². The van der Waals surface area contributed by atoms with Crippen molar-refractivity contribution < 1.29 is 19.2 Å². The van der Waals surface area contributed by atoms with E-state index in [0.717, 1.165) is 23.5 Å². The standard InChI is InChI=1S/C18H21N3O5S2/c1-4-26-17(23)13-10-28-18(19-13)20-16(22)12-5-6-15(14(9-12)21(24)25)27-8-7-11(2)3/h5-6,9-11H,4,7-8H2,1-3H3,(H,19,20,22). The lowest BCUT2D eigenvalue weighted by atomic mass is 10.2. The molecule has 0 fully saturated rings. The minimum absolute atomic E-state index is 0.102. The van der Waals surface area contributed by atoms with Gasteiger partial charge in [-0.25, -0.2) is 9.78 Å². The van der Waals surface area contributed by atoms with Crippen LogP contribution in [-0.4, -0.2) is 34.1 Å². The summed E-state index contributed by atoms with van der Waals surface area (Å²) in [5.74, 6) is 0.165. The van der Waals surface area contributed by atoms with Crippen LogP contribution in [0.3, 0.4) is 0 Å². The van der Waals surface area contributed by atoms with Crippen molar-refractivity contribution in [2.24, 2.45) is 5.92 Å². The molecule has 2 aromatic rings. The maximum atomic E-state index is 12.4. The molecule has 28 heavy (non-hydrogen) atoms. The van der Waals surface area contributed by atoms with Gasteiger partial charge in [-0.05, 0) is 37.1 Å². The number of rotatable bonds is 9. The van der Waals surface area contributed by atoms with Crippen LogP contribution in [0, 0.1) is 16.0 Å². The first kappa shape index (κ1) is 21.8. The zero-order valence-corrected chi connectivity index (χ0v) is 17.4. The number of nitro groups is 1. The van der Waals surface area contributed by atoms with E-state index in [1.54, 1.807) is 19.1 Å². The second-order valence-electron chi connectivity index (χ2n) is 6.18. The van der Waals surface area contributed by atoms with Gasteiger partial charge in [-0.2, -0.15) is 0 Å². The molecule has 1 N–H and O–H groups in total. The number of benzene rings is 1. The fourth-order valence-electron chi connectivity index (χ4n) is 2.13. The molecule has 1 amide bonds. The summed E-state index contributed by atoms with van der Waals surface area (Å²) in [6.07, 6.45) is 0.941. The molecule has 150 valence electrons. The average Bonchev–Trinajstić information content (AvgIpc) is 3.10. The summed E-state index contributed by atoms with van der Waals surface area (Å²) < 4.78 is 4.85. The van der Waals surface area contributed by atoms with Gasteiger partial charge in [0.15, 0.2) is 10.8 Å². The van der Waals surface area contributed by atoms with E-state index in [1.807, 2.05) is 0 Å². The number of hydrogen-bond donors (Lipinski definition) is 1. The van der Waals surface area contributed by atoms with Crippen molar-refractivity contribution in [1.82, 2.24) is 4.98 Å². The average molecular weight is 424 g/mol. The lowest BCUT2D eigenvalue weighted by molar-refractivity contribution is -0.387.